The van der Waals surface area contributed by atoms with Crippen LogP contribution in [-0.4, -0.2) is 42.3 Å². The van der Waals surface area contributed by atoms with Gasteiger partial charge in [0.25, 0.3) is 5.91 Å². The first-order valence-corrected chi connectivity index (χ1v) is 10.6. The van der Waals surface area contributed by atoms with Crippen LogP contribution >= 0.6 is 11.3 Å². The Labute approximate surface area is 163 Å². The summed E-state index contributed by atoms with van der Waals surface area (Å²) in [5.74, 6) is 1.57. The van der Waals surface area contributed by atoms with Gasteiger partial charge < -0.3 is 14.6 Å². The van der Waals surface area contributed by atoms with Crippen molar-refractivity contribution in [3.63, 3.8) is 0 Å². The minimum absolute atomic E-state index is 0.0746. The Morgan fingerprint density at radius 2 is 2.33 bits per heavy atom. The molecule has 0 bridgehead atoms. The lowest BCUT2D eigenvalue weighted by atomic mass is 10.0. The van der Waals surface area contributed by atoms with Crippen LogP contribution in [-0.2, 0) is 24.2 Å². The van der Waals surface area contributed by atoms with Crippen molar-refractivity contribution in [1.29, 1.82) is 0 Å². The Balaban J connectivity index is 1.34. The van der Waals surface area contributed by atoms with Gasteiger partial charge in [-0.2, -0.15) is 0 Å². The third-order valence-electron chi connectivity index (χ3n) is 5.70. The Morgan fingerprint density at radius 3 is 3.07 bits per heavy atom. The number of carbonyl (C=O) groups excluding carboxylic acids is 1. The second-order valence-corrected chi connectivity index (χ2v) is 8.55. The van der Waals surface area contributed by atoms with Crippen molar-refractivity contribution in [2.24, 2.45) is 5.92 Å². The topological polar surface area (TPSA) is 67.6 Å². The highest BCUT2D eigenvalue weighted by Gasteiger charge is 2.25. The standard InChI is InChI=1S/C20H27N3O3S/c1-13-17(14(2)26-22-13)9-23-7-4-16-18(12-27-19(16)10-23)20(24)21-6-3-15-5-8-25-11-15/h12,15H,3-11H2,1-2H3,(H,21,24)/t15-/m1/s1. The van der Waals surface area contributed by atoms with Gasteiger partial charge in [-0.3, -0.25) is 9.69 Å². The summed E-state index contributed by atoms with van der Waals surface area (Å²) in [5.41, 5.74) is 4.26. The molecule has 0 unspecified atom stereocenters. The summed E-state index contributed by atoms with van der Waals surface area (Å²) < 4.78 is 10.7. The fourth-order valence-electron chi connectivity index (χ4n) is 3.95. The molecule has 2 aliphatic rings. The van der Waals surface area contributed by atoms with Crippen molar-refractivity contribution in [1.82, 2.24) is 15.4 Å². The lowest BCUT2D eigenvalue weighted by Gasteiger charge is -2.27. The van der Waals surface area contributed by atoms with Gasteiger partial charge in [0.2, 0.25) is 0 Å². The lowest BCUT2D eigenvalue weighted by Crippen LogP contribution is -2.31. The summed E-state index contributed by atoms with van der Waals surface area (Å²) in [6.45, 7) is 9.08. The number of rotatable bonds is 6. The van der Waals surface area contributed by atoms with E-state index in [0.717, 1.165) is 75.7 Å². The molecule has 2 aromatic rings. The Bertz CT molecular complexity index is 788. The maximum Gasteiger partial charge on any atom is 0.252 e. The van der Waals surface area contributed by atoms with Crippen molar-refractivity contribution in [3.8, 4) is 0 Å². The van der Waals surface area contributed by atoms with Crippen molar-refractivity contribution in [2.45, 2.75) is 46.2 Å². The second kappa shape index (κ2) is 8.12. The fraction of sp³-hybridized carbons (Fsp3) is 0.600. The normalized spacial score (nSPS) is 20.0. The van der Waals surface area contributed by atoms with Crippen LogP contribution in [0.3, 0.4) is 0 Å². The molecule has 4 rings (SSSR count). The minimum Gasteiger partial charge on any atom is -0.381 e. The maximum absolute atomic E-state index is 12.6. The molecule has 1 amide bonds. The summed E-state index contributed by atoms with van der Waals surface area (Å²) in [6, 6.07) is 0. The molecule has 2 aliphatic heterocycles. The number of hydrogen-bond acceptors (Lipinski definition) is 6. The smallest absolute Gasteiger partial charge is 0.252 e. The summed E-state index contributed by atoms with van der Waals surface area (Å²) >= 11 is 1.70. The van der Waals surface area contributed by atoms with E-state index in [9.17, 15) is 4.79 Å². The fourth-order valence-corrected chi connectivity index (χ4v) is 5.07. The van der Waals surface area contributed by atoms with E-state index >= 15 is 0 Å². The number of thiophene rings is 1. The summed E-state index contributed by atoms with van der Waals surface area (Å²) in [5, 5.41) is 9.18. The van der Waals surface area contributed by atoms with Crippen molar-refractivity contribution >= 4 is 17.2 Å². The van der Waals surface area contributed by atoms with E-state index < -0.39 is 0 Å². The van der Waals surface area contributed by atoms with Crippen molar-refractivity contribution in [3.05, 3.63) is 38.4 Å². The molecule has 0 spiro atoms. The maximum atomic E-state index is 12.6. The Hall–Kier alpha value is -1.70. The van der Waals surface area contributed by atoms with Crippen molar-refractivity contribution < 1.29 is 14.1 Å². The monoisotopic (exact) mass is 389 g/mol. The van der Waals surface area contributed by atoms with Crippen LogP contribution in [0.2, 0.25) is 0 Å². The number of aryl methyl sites for hydroxylation is 2. The molecule has 1 saturated heterocycles. The zero-order chi connectivity index (χ0) is 18.8. The highest BCUT2D eigenvalue weighted by Crippen LogP contribution is 2.30. The van der Waals surface area contributed by atoms with E-state index in [4.69, 9.17) is 9.26 Å². The largest absolute Gasteiger partial charge is 0.381 e. The molecule has 0 aliphatic carbocycles. The molecular weight excluding hydrogens is 362 g/mol. The molecule has 0 saturated carbocycles. The number of nitrogens with zero attached hydrogens (tertiary/aromatic N) is 2. The number of hydrogen-bond donors (Lipinski definition) is 1. The predicted octanol–water partition coefficient (Wildman–Crippen LogP) is 3.07. The van der Waals surface area contributed by atoms with Crippen LogP contribution in [0.1, 0.15) is 50.7 Å². The summed E-state index contributed by atoms with van der Waals surface area (Å²) in [4.78, 5) is 16.3. The van der Waals surface area contributed by atoms with Gasteiger partial charge in [-0.25, -0.2) is 0 Å². The van der Waals surface area contributed by atoms with Gasteiger partial charge in [0, 0.05) is 55.2 Å². The first-order chi connectivity index (χ1) is 13.1. The molecule has 1 atom stereocenters. The molecule has 4 heterocycles. The molecule has 1 fully saturated rings. The number of ether oxygens (including phenoxy) is 1. The summed E-state index contributed by atoms with van der Waals surface area (Å²) in [7, 11) is 0. The van der Waals surface area contributed by atoms with E-state index in [1.807, 2.05) is 19.2 Å². The average Bonchev–Trinajstić information content (AvgIpc) is 3.38. The van der Waals surface area contributed by atoms with Gasteiger partial charge in [0.15, 0.2) is 0 Å². The van der Waals surface area contributed by atoms with Gasteiger partial charge >= 0.3 is 0 Å². The van der Waals surface area contributed by atoms with E-state index in [1.165, 1.54) is 16.0 Å². The van der Waals surface area contributed by atoms with Crippen LogP contribution in [0.4, 0.5) is 0 Å². The molecule has 7 heteroatoms. The van der Waals surface area contributed by atoms with E-state index in [1.54, 1.807) is 11.3 Å². The van der Waals surface area contributed by atoms with Crippen LogP contribution in [0.25, 0.3) is 0 Å². The van der Waals surface area contributed by atoms with Gasteiger partial charge in [-0.05, 0) is 44.6 Å². The highest BCUT2D eigenvalue weighted by atomic mass is 32.1. The third-order valence-corrected chi connectivity index (χ3v) is 6.71. The molecule has 2 aromatic heterocycles. The quantitative estimate of drug-likeness (QED) is 0.822. The van der Waals surface area contributed by atoms with Gasteiger partial charge in [-0.15, -0.1) is 11.3 Å². The summed E-state index contributed by atoms with van der Waals surface area (Å²) in [6.07, 6.45) is 3.04. The molecule has 146 valence electrons. The predicted molar refractivity (Wildman–Crippen MR) is 104 cm³/mol. The Morgan fingerprint density at radius 1 is 1.44 bits per heavy atom. The number of nitrogens with one attached hydrogen (secondary N) is 1. The second-order valence-electron chi connectivity index (χ2n) is 7.59. The first kappa shape index (κ1) is 18.7. The lowest BCUT2D eigenvalue weighted by molar-refractivity contribution is 0.0949. The number of amides is 1. The first-order valence-electron chi connectivity index (χ1n) is 9.71. The number of carbonyl (C=O) groups is 1. The van der Waals surface area contributed by atoms with E-state index in [2.05, 4.69) is 15.4 Å². The number of fused-ring (bicyclic) bond motifs is 1. The van der Waals surface area contributed by atoms with Gasteiger partial charge in [0.1, 0.15) is 5.76 Å². The molecule has 0 radical (unpaired) electrons. The zero-order valence-corrected chi connectivity index (χ0v) is 16.9. The van der Waals surface area contributed by atoms with Crippen LogP contribution < -0.4 is 5.32 Å². The van der Waals surface area contributed by atoms with Crippen LogP contribution in [0, 0.1) is 19.8 Å². The van der Waals surface area contributed by atoms with Gasteiger partial charge in [0.05, 0.1) is 11.3 Å². The average molecular weight is 390 g/mol. The van der Waals surface area contributed by atoms with Gasteiger partial charge in [-0.1, -0.05) is 5.16 Å². The third kappa shape index (κ3) is 4.10. The molecule has 1 N–H and O–H groups in total. The van der Waals surface area contributed by atoms with Crippen LogP contribution in [0.5, 0.6) is 0 Å². The molecule has 6 nitrogen and oxygen atoms in total. The Kier molecular flexibility index (Phi) is 5.61. The van der Waals surface area contributed by atoms with E-state index in [-0.39, 0.29) is 5.91 Å². The SMILES string of the molecule is Cc1noc(C)c1CN1CCc2c(C(=O)NCC[C@@H]3CCOC3)csc2C1. The molecule has 27 heavy (non-hydrogen) atoms. The molecular formula is C20H27N3O3S. The minimum atomic E-state index is 0.0746. The van der Waals surface area contributed by atoms with Crippen LogP contribution in [0.15, 0.2) is 9.90 Å². The van der Waals surface area contributed by atoms with Crippen molar-refractivity contribution in [2.75, 3.05) is 26.3 Å². The number of aromatic nitrogens is 1. The zero-order valence-electron chi connectivity index (χ0n) is 16.0. The highest BCUT2D eigenvalue weighted by molar-refractivity contribution is 7.10. The van der Waals surface area contributed by atoms with E-state index in [0.29, 0.717) is 5.92 Å². The molecule has 0 aromatic carbocycles.